The number of hydrogen-bond donors (Lipinski definition) is 0. The molecule has 0 aliphatic carbocycles. The van der Waals surface area contributed by atoms with Crippen LogP contribution in [0.2, 0.25) is 0 Å². The van der Waals surface area contributed by atoms with E-state index >= 15 is 0 Å². The van der Waals surface area contributed by atoms with E-state index < -0.39 is 0 Å². The second-order valence-electron chi connectivity index (χ2n) is 6.84. The normalized spacial score (nSPS) is 16.5. The minimum absolute atomic E-state index is 0. The molecule has 1 aromatic heterocycles. The minimum Gasteiger partial charge on any atom is -0.342 e. The molecular formula is C21H23ClN2S. The molecular weight excluding hydrogens is 348 g/mol. The van der Waals surface area contributed by atoms with Gasteiger partial charge in [-0.2, -0.15) is 0 Å². The average Bonchev–Trinajstić information content (AvgIpc) is 2.97. The van der Waals surface area contributed by atoms with E-state index in [1.807, 2.05) is 11.8 Å². The second-order valence-corrected chi connectivity index (χ2v) is 7.98. The van der Waals surface area contributed by atoms with Gasteiger partial charge in [-0.25, -0.2) is 0 Å². The lowest BCUT2D eigenvalue weighted by molar-refractivity contribution is 0.255. The molecule has 0 N–H and O–H groups in total. The number of thioether (sulfide) groups is 1. The first kappa shape index (κ1) is 17.0. The Morgan fingerprint density at radius 2 is 1.84 bits per heavy atom. The van der Waals surface area contributed by atoms with Crippen LogP contribution >= 0.6 is 24.2 Å². The van der Waals surface area contributed by atoms with E-state index in [-0.39, 0.29) is 12.4 Å². The lowest BCUT2D eigenvalue weighted by Crippen LogP contribution is -2.32. The largest absolute Gasteiger partial charge is 0.342 e. The number of aromatic nitrogens is 1. The maximum Gasteiger partial charge on any atom is 0.0624 e. The molecule has 2 nitrogen and oxygen atoms in total. The number of aryl methyl sites for hydroxylation is 1. The van der Waals surface area contributed by atoms with Gasteiger partial charge in [-0.15, -0.1) is 24.2 Å². The number of para-hydroxylation sites is 1. The lowest BCUT2D eigenvalue weighted by Gasteiger charge is -2.28. The average molecular weight is 371 g/mol. The van der Waals surface area contributed by atoms with E-state index in [1.165, 1.54) is 46.6 Å². The van der Waals surface area contributed by atoms with Crippen molar-refractivity contribution in [1.82, 2.24) is 9.47 Å². The quantitative estimate of drug-likeness (QED) is 0.656. The Labute approximate surface area is 159 Å². The zero-order valence-electron chi connectivity index (χ0n) is 14.3. The maximum absolute atomic E-state index is 2.64. The van der Waals surface area contributed by atoms with Gasteiger partial charge in [0.2, 0.25) is 0 Å². The smallest absolute Gasteiger partial charge is 0.0624 e. The van der Waals surface area contributed by atoms with Crippen LogP contribution < -0.4 is 0 Å². The van der Waals surface area contributed by atoms with Crippen LogP contribution in [0.3, 0.4) is 0 Å². The first-order valence-electron chi connectivity index (χ1n) is 8.92. The highest BCUT2D eigenvalue weighted by Crippen LogP contribution is 2.39. The van der Waals surface area contributed by atoms with Crippen LogP contribution in [0.25, 0.3) is 10.9 Å². The van der Waals surface area contributed by atoms with Crippen molar-refractivity contribution in [3.63, 3.8) is 0 Å². The molecule has 2 aromatic carbocycles. The summed E-state index contributed by atoms with van der Waals surface area (Å²) in [5.74, 6) is 1.21. The van der Waals surface area contributed by atoms with Crippen molar-refractivity contribution in [2.75, 3.05) is 18.8 Å². The molecule has 0 spiro atoms. The summed E-state index contributed by atoms with van der Waals surface area (Å²) >= 11 is 2.02. The molecule has 130 valence electrons. The Bertz CT molecular complexity index is 888. The molecule has 0 amide bonds. The van der Waals surface area contributed by atoms with E-state index in [1.54, 1.807) is 11.3 Å². The lowest BCUT2D eigenvalue weighted by atomic mass is 10.0. The highest BCUT2D eigenvalue weighted by Gasteiger charge is 2.26. The van der Waals surface area contributed by atoms with Crippen molar-refractivity contribution in [2.24, 2.45) is 0 Å². The third-order valence-corrected chi connectivity index (χ3v) is 6.47. The van der Waals surface area contributed by atoms with Gasteiger partial charge in [-0.05, 0) is 23.6 Å². The highest BCUT2D eigenvalue weighted by atomic mass is 35.5. The zero-order chi connectivity index (χ0) is 15.9. The Kier molecular flexibility index (Phi) is 4.81. The van der Waals surface area contributed by atoms with Crippen LogP contribution in [-0.2, 0) is 25.9 Å². The minimum atomic E-state index is 0. The third-order valence-electron chi connectivity index (χ3n) is 5.45. The Morgan fingerprint density at radius 3 is 2.72 bits per heavy atom. The van der Waals surface area contributed by atoms with E-state index in [0.717, 1.165) is 19.5 Å². The van der Waals surface area contributed by atoms with Crippen LogP contribution in [0.1, 0.15) is 16.8 Å². The Balaban J connectivity index is 0.00000157. The number of halogens is 1. The topological polar surface area (TPSA) is 8.17 Å². The number of nitrogens with zero attached hydrogens (tertiary/aromatic N) is 2. The molecule has 2 aliphatic heterocycles. The summed E-state index contributed by atoms with van der Waals surface area (Å²) < 4.78 is 2.62. The van der Waals surface area contributed by atoms with Gasteiger partial charge in [0.1, 0.15) is 0 Å². The van der Waals surface area contributed by atoms with Crippen LogP contribution in [-0.4, -0.2) is 28.3 Å². The summed E-state index contributed by atoms with van der Waals surface area (Å²) in [5, 5.41) is 1.50. The molecule has 4 heteroatoms. The van der Waals surface area contributed by atoms with Crippen LogP contribution in [0.4, 0.5) is 0 Å². The summed E-state index contributed by atoms with van der Waals surface area (Å²) in [7, 11) is 0. The molecule has 0 saturated heterocycles. The first-order valence-corrected chi connectivity index (χ1v) is 9.91. The molecule has 0 fully saturated rings. The molecule has 3 aromatic rings. The van der Waals surface area contributed by atoms with Gasteiger partial charge in [0, 0.05) is 54.3 Å². The maximum atomic E-state index is 2.64. The van der Waals surface area contributed by atoms with Crippen molar-refractivity contribution in [2.45, 2.75) is 30.8 Å². The number of hydrogen-bond acceptors (Lipinski definition) is 2. The summed E-state index contributed by atoms with van der Waals surface area (Å²) in [6, 6.07) is 17.7. The number of fused-ring (bicyclic) bond motifs is 3. The zero-order valence-corrected chi connectivity index (χ0v) is 15.9. The Hall–Kier alpha value is -1.42. The van der Waals surface area contributed by atoms with Gasteiger partial charge in [0.05, 0.1) is 5.52 Å². The molecule has 0 radical (unpaired) electrons. The fraction of sp³-hybridized carbons (Fsp3) is 0.333. The van der Waals surface area contributed by atoms with Crippen molar-refractivity contribution in [3.05, 3.63) is 65.4 Å². The van der Waals surface area contributed by atoms with E-state index in [4.69, 9.17) is 0 Å². The first-order chi connectivity index (χ1) is 11.9. The van der Waals surface area contributed by atoms with Crippen LogP contribution in [0.5, 0.6) is 0 Å². The molecule has 3 heterocycles. The van der Waals surface area contributed by atoms with Gasteiger partial charge in [-0.1, -0.05) is 42.5 Å². The standard InChI is InChI=1S/C21H22N2S.ClH/c1-2-5-16(6-3-1)9-11-22-12-10-19-18(15-22)17-7-4-8-20-21(17)23(19)13-14-24-20;/h1-8H,9-15H2;1H. The fourth-order valence-electron chi connectivity index (χ4n) is 4.26. The van der Waals surface area contributed by atoms with Crippen LogP contribution in [0.15, 0.2) is 53.4 Å². The SMILES string of the molecule is Cl.c1ccc(CCN2CCc3c(c4cccc5c4n3CCS5)C2)cc1. The van der Waals surface area contributed by atoms with E-state index in [2.05, 4.69) is 58.0 Å². The van der Waals surface area contributed by atoms with Gasteiger partial charge in [0.15, 0.2) is 0 Å². The number of rotatable bonds is 3. The summed E-state index contributed by atoms with van der Waals surface area (Å²) in [5.41, 5.74) is 6.15. The molecule has 0 atom stereocenters. The van der Waals surface area contributed by atoms with E-state index in [0.29, 0.717) is 0 Å². The van der Waals surface area contributed by atoms with Crippen molar-refractivity contribution >= 4 is 35.1 Å². The van der Waals surface area contributed by atoms with Gasteiger partial charge in [0.25, 0.3) is 0 Å². The van der Waals surface area contributed by atoms with Gasteiger partial charge >= 0.3 is 0 Å². The monoisotopic (exact) mass is 370 g/mol. The van der Waals surface area contributed by atoms with Crippen LogP contribution in [0, 0.1) is 0 Å². The van der Waals surface area contributed by atoms with Crippen molar-refractivity contribution in [1.29, 1.82) is 0 Å². The molecule has 5 rings (SSSR count). The predicted octanol–water partition coefficient (Wildman–Crippen LogP) is 4.77. The summed E-state index contributed by atoms with van der Waals surface area (Å²) in [4.78, 5) is 4.11. The second kappa shape index (κ2) is 7.06. The van der Waals surface area contributed by atoms with Gasteiger partial charge < -0.3 is 4.57 Å². The highest BCUT2D eigenvalue weighted by molar-refractivity contribution is 7.99. The van der Waals surface area contributed by atoms with E-state index in [9.17, 15) is 0 Å². The predicted molar refractivity (Wildman–Crippen MR) is 109 cm³/mol. The van der Waals surface area contributed by atoms with Gasteiger partial charge in [-0.3, -0.25) is 4.90 Å². The summed E-state index contributed by atoms with van der Waals surface area (Å²) in [6.45, 7) is 4.64. The number of benzene rings is 2. The molecule has 2 aliphatic rings. The Morgan fingerprint density at radius 1 is 0.960 bits per heavy atom. The molecule has 0 saturated carbocycles. The molecule has 25 heavy (non-hydrogen) atoms. The molecule has 0 unspecified atom stereocenters. The third kappa shape index (κ3) is 2.99. The van der Waals surface area contributed by atoms with Crippen molar-refractivity contribution < 1.29 is 0 Å². The molecule has 0 bridgehead atoms. The summed E-state index contributed by atoms with van der Waals surface area (Å²) in [6.07, 6.45) is 2.35. The fourth-order valence-corrected chi connectivity index (χ4v) is 5.28. The van der Waals surface area contributed by atoms with Crippen molar-refractivity contribution in [3.8, 4) is 0 Å².